The van der Waals surface area contributed by atoms with Crippen LogP contribution in [0, 0.1) is 0 Å². The first-order valence-electron chi connectivity index (χ1n) is 7.59. The van der Waals surface area contributed by atoms with Crippen LogP contribution in [0.15, 0.2) is 36.7 Å². The summed E-state index contributed by atoms with van der Waals surface area (Å²) in [5, 5.41) is 13.6. The number of nitrogens with one attached hydrogen (secondary N) is 1. The van der Waals surface area contributed by atoms with E-state index in [2.05, 4.69) is 32.3 Å². The van der Waals surface area contributed by atoms with E-state index in [-0.39, 0.29) is 18.0 Å². The van der Waals surface area contributed by atoms with Gasteiger partial charge < -0.3 is 16.2 Å². The summed E-state index contributed by atoms with van der Waals surface area (Å²) >= 11 is 6.10. The van der Waals surface area contributed by atoms with Crippen LogP contribution >= 0.6 is 11.6 Å². The number of hydrogen-bond acceptors (Lipinski definition) is 6. The molecule has 0 bridgehead atoms. The molecule has 23 heavy (non-hydrogen) atoms. The van der Waals surface area contributed by atoms with Gasteiger partial charge in [-0.3, -0.25) is 4.90 Å². The van der Waals surface area contributed by atoms with E-state index in [1.165, 1.54) is 11.9 Å². The topological polar surface area (TPSA) is 87.3 Å². The van der Waals surface area contributed by atoms with E-state index in [4.69, 9.17) is 17.3 Å². The number of halogens is 1. The molecular weight excluding hydrogens is 314 g/mol. The lowest BCUT2D eigenvalue weighted by atomic mass is 10.1. The number of likely N-dealkylation sites (tertiary alicyclic amines) is 1. The van der Waals surface area contributed by atoms with Gasteiger partial charge in [0.1, 0.15) is 17.2 Å². The summed E-state index contributed by atoms with van der Waals surface area (Å²) in [4.78, 5) is 10.2. The van der Waals surface area contributed by atoms with Gasteiger partial charge in [0.05, 0.1) is 6.10 Å². The van der Waals surface area contributed by atoms with E-state index in [1.54, 1.807) is 0 Å². The maximum Gasteiger partial charge on any atom is 0.150 e. The minimum atomic E-state index is -0.309. The smallest absolute Gasteiger partial charge is 0.150 e. The van der Waals surface area contributed by atoms with E-state index in [0.29, 0.717) is 23.9 Å². The van der Waals surface area contributed by atoms with Crippen molar-refractivity contribution in [1.29, 1.82) is 0 Å². The van der Waals surface area contributed by atoms with Crippen LogP contribution in [0.25, 0.3) is 0 Å². The molecule has 122 valence electrons. The Labute approximate surface area is 140 Å². The number of nitrogen functional groups attached to an aromatic ring is 1. The second-order valence-corrected chi connectivity index (χ2v) is 6.14. The molecule has 1 aliphatic rings. The van der Waals surface area contributed by atoms with Crippen LogP contribution in [0.1, 0.15) is 12.0 Å². The molecule has 3 rings (SSSR count). The maximum atomic E-state index is 10.0. The second kappa shape index (κ2) is 7.12. The number of hydrogen-bond donors (Lipinski definition) is 3. The van der Waals surface area contributed by atoms with Crippen molar-refractivity contribution in [2.75, 3.05) is 24.1 Å². The Bertz CT molecular complexity index is 654. The third-order valence-electron chi connectivity index (χ3n) is 4.06. The van der Waals surface area contributed by atoms with Crippen LogP contribution in [0.5, 0.6) is 0 Å². The molecule has 1 aromatic heterocycles. The van der Waals surface area contributed by atoms with Crippen molar-refractivity contribution in [3.63, 3.8) is 0 Å². The normalized spacial score (nSPS) is 21.5. The van der Waals surface area contributed by atoms with Gasteiger partial charge in [-0.1, -0.05) is 41.9 Å². The molecule has 0 amide bonds. The third kappa shape index (κ3) is 3.90. The van der Waals surface area contributed by atoms with Crippen LogP contribution in [-0.4, -0.2) is 45.2 Å². The average molecular weight is 334 g/mol. The van der Waals surface area contributed by atoms with Gasteiger partial charge in [-0.25, -0.2) is 9.97 Å². The first-order valence-corrected chi connectivity index (χ1v) is 7.97. The summed E-state index contributed by atoms with van der Waals surface area (Å²) in [6.07, 6.45) is 1.80. The fraction of sp³-hybridized carbons (Fsp3) is 0.375. The van der Waals surface area contributed by atoms with Crippen molar-refractivity contribution in [1.82, 2.24) is 14.9 Å². The fourth-order valence-electron chi connectivity index (χ4n) is 2.90. The molecule has 2 heterocycles. The number of nitrogens with two attached hydrogens (primary N) is 1. The zero-order chi connectivity index (χ0) is 16.2. The summed E-state index contributed by atoms with van der Waals surface area (Å²) < 4.78 is 0. The summed E-state index contributed by atoms with van der Waals surface area (Å²) in [5.74, 6) is 0.789. The number of aromatic nitrogens is 2. The number of anilines is 2. The highest BCUT2D eigenvalue weighted by molar-refractivity contribution is 6.35. The molecule has 2 atom stereocenters. The zero-order valence-electron chi connectivity index (χ0n) is 12.7. The van der Waals surface area contributed by atoms with E-state index in [1.807, 2.05) is 18.2 Å². The lowest BCUT2D eigenvalue weighted by molar-refractivity contribution is 0.173. The highest BCUT2D eigenvalue weighted by Gasteiger charge is 2.30. The summed E-state index contributed by atoms with van der Waals surface area (Å²) in [7, 11) is 0. The first kappa shape index (κ1) is 16.0. The summed E-state index contributed by atoms with van der Waals surface area (Å²) in [5.41, 5.74) is 6.91. The molecule has 1 saturated heterocycles. The highest BCUT2D eigenvalue weighted by Crippen LogP contribution is 2.25. The van der Waals surface area contributed by atoms with E-state index < -0.39 is 0 Å². The molecule has 0 saturated carbocycles. The highest BCUT2D eigenvalue weighted by atomic mass is 35.5. The number of β-amino-alcohol motifs (C(OH)–C–C–N with tert-alkyl or cyclic N) is 1. The number of nitrogens with zero attached hydrogens (tertiary/aromatic N) is 3. The van der Waals surface area contributed by atoms with Crippen molar-refractivity contribution >= 4 is 23.2 Å². The minimum Gasteiger partial charge on any atom is -0.392 e. The van der Waals surface area contributed by atoms with Crippen LogP contribution < -0.4 is 11.1 Å². The van der Waals surface area contributed by atoms with E-state index in [0.717, 1.165) is 13.0 Å². The van der Waals surface area contributed by atoms with Crippen LogP contribution in [0.4, 0.5) is 11.6 Å². The molecule has 4 N–H and O–H groups in total. The summed E-state index contributed by atoms with van der Waals surface area (Å²) in [6, 6.07) is 10.5. The van der Waals surface area contributed by atoms with E-state index in [9.17, 15) is 5.11 Å². The van der Waals surface area contributed by atoms with Gasteiger partial charge in [-0.2, -0.15) is 0 Å². The number of aliphatic hydroxyl groups is 1. The van der Waals surface area contributed by atoms with Crippen molar-refractivity contribution in [2.45, 2.75) is 25.1 Å². The van der Waals surface area contributed by atoms with Crippen LogP contribution in [0.2, 0.25) is 5.02 Å². The lowest BCUT2D eigenvalue weighted by Gasteiger charge is -2.24. The van der Waals surface area contributed by atoms with Crippen molar-refractivity contribution in [3.05, 3.63) is 47.2 Å². The first-order chi connectivity index (χ1) is 11.1. The van der Waals surface area contributed by atoms with Crippen LogP contribution in [-0.2, 0) is 6.54 Å². The van der Waals surface area contributed by atoms with Gasteiger partial charge >= 0.3 is 0 Å². The number of aliphatic hydroxyl groups excluding tert-OH is 1. The molecular formula is C16H20ClN5O. The van der Waals surface area contributed by atoms with Gasteiger partial charge in [0.25, 0.3) is 0 Å². The molecule has 1 fully saturated rings. The largest absolute Gasteiger partial charge is 0.392 e. The van der Waals surface area contributed by atoms with Crippen molar-refractivity contribution < 1.29 is 5.11 Å². The maximum absolute atomic E-state index is 10.0. The van der Waals surface area contributed by atoms with E-state index >= 15 is 0 Å². The Morgan fingerprint density at radius 1 is 1.30 bits per heavy atom. The quantitative estimate of drug-likeness (QED) is 0.773. The predicted molar refractivity (Wildman–Crippen MR) is 91.2 cm³/mol. The van der Waals surface area contributed by atoms with Gasteiger partial charge in [0.15, 0.2) is 5.82 Å². The van der Waals surface area contributed by atoms with Gasteiger partial charge in [-0.05, 0) is 12.0 Å². The number of rotatable bonds is 5. The third-order valence-corrected chi connectivity index (χ3v) is 4.43. The molecule has 2 aromatic rings. The minimum absolute atomic E-state index is 0.206. The molecule has 0 aliphatic carbocycles. The number of benzene rings is 1. The SMILES string of the molecule is Nc1ncnc(NCC2CC(O)CN2Cc2ccccc2)c1Cl. The molecule has 0 radical (unpaired) electrons. The molecule has 6 nitrogen and oxygen atoms in total. The Morgan fingerprint density at radius 3 is 2.87 bits per heavy atom. The van der Waals surface area contributed by atoms with Gasteiger partial charge in [0, 0.05) is 25.7 Å². The average Bonchev–Trinajstić information content (AvgIpc) is 2.89. The Kier molecular flexibility index (Phi) is 4.95. The molecule has 1 aromatic carbocycles. The Hall–Kier alpha value is -1.89. The lowest BCUT2D eigenvalue weighted by Crippen LogP contribution is -2.34. The Balaban J connectivity index is 1.64. The molecule has 1 aliphatic heterocycles. The molecule has 0 spiro atoms. The van der Waals surface area contributed by atoms with Crippen molar-refractivity contribution in [3.8, 4) is 0 Å². The summed E-state index contributed by atoms with van der Waals surface area (Å²) in [6.45, 7) is 2.12. The second-order valence-electron chi connectivity index (χ2n) is 5.76. The van der Waals surface area contributed by atoms with Crippen molar-refractivity contribution in [2.24, 2.45) is 0 Å². The molecule has 7 heteroatoms. The monoisotopic (exact) mass is 333 g/mol. The fourth-order valence-corrected chi connectivity index (χ4v) is 3.07. The predicted octanol–water partition coefficient (Wildman–Crippen LogP) is 1.76. The molecule has 2 unspecified atom stereocenters. The van der Waals surface area contributed by atoms with Gasteiger partial charge in [0.2, 0.25) is 0 Å². The van der Waals surface area contributed by atoms with Crippen LogP contribution in [0.3, 0.4) is 0 Å². The standard InChI is InChI=1S/C16H20ClN5O/c17-14-15(18)20-10-21-16(14)19-7-12-6-13(23)9-22(12)8-11-4-2-1-3-5-11/h1-5,10,12-13,23H,6-9H2,(H3,18,19,20,21). The zero-order valence-corrected chi connectivity index (χ0v) is 13.4. The van der Waals surface area contributed by atoms with Gasteiger partial charge in [-0.15, -0.1) is 0 Å². The Morgan fingerprint density at radius 2 is 2.09 bits per heavy atom.